The Kier molecular flexibility index (Phi) is 5.90. The fraction of sp³-hybridized carbons (Fsp3) is 0.650. The fourth-order valence-corrected chi connectivity index (χ4v) is 4.31. The highest BCUT2D eigenvalue weighted by Gasteiger charge is 2.34. The van der Waals surface area contributed by atoms with Gasteiger partial charge in [0.15, 0.2) is 0 Å². The second-order valence-electron chi connectivity index (χ2n) is 7.72. The number of rotatable bonds is 6. The van der Waals surface area contributed by atoms with Crippen molar-refractivity contribution >= 4 is 5.91 Å². The molecule has 1 atom stereocenters. The summed E-state index contributed by atoms with van der Waals surface area (Å²) >= 11 is 0. The van der Waals surface area contributed by atoms with Gasteiger partial charge < -0.3 is 11.1 Å². The number of nitrogens with zero attached hydrogens (tertiary/aromatic N) is 1. The summed E-state index contributed by atoms with van der Waals surface area (Å²) in [5.74, 6) is 0.203. The third kappa shape index (κ3) is 4.58. The second kappa shape index (κ2) is 8.13. The SMILES string of the molecule is NCC1(CC(=O)NC2CCN(Cc3ccccc3)C2)CCCCC1. The van der Waals surface area contributed by atoms with Crippen LogP contribution < -0.4 is 11.1 Å². The predicted molar refractivity (Wildman–Crippen MR) is 97.5 cm³/mol. The molecule has 1 amide bonds. The largest absolute Gasteiger partial charge is 0.352 e. The van der Waals surface area contributed by atoms with E-state index in [0.717, 1.165) is 38.9 Å². The molecule has 1 aromatic carbocycles. The van der Waals surface area contributed by atoms with Crippen LogP contribution in [0.3, 0.4) is 0 Å². The Morgan fingerprint density at radius 2 is 1.96 bits per heavy atom. The van der Waals surface area contributed by atoms with Gasteiger partial charge in [0.2, 0.25) is 5.91 Å². The van der Waals surface area contributed by atoms with Gasteiger partial charge in [-0.25, -0.2) is 0 Å². The summed E-state index contributed by atoms with van der Waals surface area (Å²) in [6.07, 6.45) is 7.62. The summed E-state index contributed by atoms with van der Waals surface area (Å²) in [6.45, 7) is 3.63. The van der Waals surface area contributed by atoms with Crippen molar-refractivity contribution in [3.8, 4) is 0 Å². The summed E-state index contributed by atoms with van der Waals surface area (Å²) in [7, 11) is 0. The van der Waals surface area contributed by atoms with E-state index in [9.17, 15) is 4.79 Å². The Morgan fingerprint density at radius 1 is 1.21 bits per heavy atom. The smallest absolute Gasteiger partial charge is 0.220 e. The van der Waals surface area contributed by atoms with Crippen LogP contribution in [0.4, 0.5) is 0 Å². The van der Waals surface area contributed by atoms with Crippen molar-refractivity contribution < 1.29 is 4.79 Å². The lowest BCUT2D eigenvalue weighted by Crippen LogP contribution is -2.42. The van der Waals surface area contributed by atoms with E-state index < -0.39 is 0 Å². The van der Waals surface area contributed by atoms with Gasteiger partial charge in [-0.15, -0.1) is 0 Å². The van der Waals surface area contributed by atoms with Gasteiger partial charge in [0.25, 0.3) is 0 Å². The van der Waals surface area contributed by atoms with Gasteiger partial charge in [0, 0.05) is 32.1 Å². The van der Waals surface area contributed by atoms with Gasteiger partial charge in [0.05, 0.1) is 0 Å². The molecule has 0 aromatic heterocycles. The van der Waals surface area contributed by atoms with Crippen LogP contribution in [0, 0.1) is 5.41 Å². The molecular weight excluding hydrogens is 298 g/mol. The Hall–Kier alpha value is -1.39. The fourth-order valence-electron chi connectivity index (χ4n) is 4.31. The molecule has 2 aliphatic rings. The van der Waals surface area contributed by atoms with Crippen molar-refractivity contribution in [1.82, 2.24) is 10.2 Å². The number of benzene rings is 1. The van der Waals surface area contributed by atoms with Crippen LogP contribution in [0.2, 0.25) is 0 Å². The molecule has 0 bridgehead atoms. The second-order valence-corrected chi connectivity index (χ2v) is 7.72. The van der Waals surface area contributed by atoms with E-state index >= 15 is 0 Å². The van der Waals surface area contributed by atoms with E-state index in [-0.39, 0.29) is 11.3 Å². The number of amides is 1. The highest BCUT2D eigenvalue weighted by molar-refractivity contribution is 5.77. The summed E-state index contributed by atoms with van der Waals surface area (Å²) in [6, 6.07) is 10.8. The molecule has 1 unspecified atom stereocenters. The lowest BCUT2D eigenvalue weighted by Gasteiger charge is -2.36. The molecule has 2 fully saturated rings. The maximum Gasteiger partial charge on any atom is 0.220 e. The molecule has 24 heavy (non-hydrogen) atoms. The van der Waals surface area contributed by atoms with E-state index in [2.05, 4.69) is 40.5 Å². The molecule has 4 heteroatoms. The summed E-state index contributed by atoms with van der Waals surface area (Å²) < 4.78 is 0. The third-order valence-electron chi connectivity index (χ3n) is 5.77. The van der Waals surface area contributed by atoms with Crippen molar-refractivity contribution in [2.24, 2.45) is 11.1 Å². The summed E-state index contributed by atoms with van der Waals surface area (Å²) in [5.41, 5.74) is 7.42. The molecule has 3 N–H and O–H groups in total. The summed E-state index contributed by atoms with van der Waals surface area (Å²) in [5, 5.41) is 3.26. The van der Waals surface area contributed by atoms with Crippen LogP contribution in [0.1, 0.15) is 50.5 Å². The molecule has 132 valence electrons. The average Bonchev–Trinajstić information content (AvgIpc) is 3.03. The van der Waals surface area contributed by atoms with Gasteiger partial charge in [-0.2, -0.15) is 0 Å². The summed E-state index contributed by atoms with van der Waals surface area (Å²) in [4.78, 5) is 14.9. The highest BCUT2D eigenvalue weighted by atomic mass is 16.1. The van der Waals surface area contributed by atoms with Crippen LogP contribution in [-0.2, 0) is 11.3 Å². The van der Waals surface area contributed by atoms with Crippen molar-refractivity contribution in [2.45, 2.75) is 57.5 Å². The zero-order valence-electron chi connectivity index (χ0n) is 14.7. The first kappa shape index (κ1) is 17.4. The first-order valence-corrected chi connectivity index (χ1v) is 9.45. The molecule has 0 radical (unpaired) electrons. The topological polar surface area (TPSA) is 58.4 Å². The Morgan fingerprint density at radius 3 is 2.67 bits per heavy atom. The van der Waals surface area contributed by atoms with Crippen LogP contribution in [-0.4, -0.2) is 36.5 Å². The standard InChI is InChI=1S/C20H31N3O/c21-16-20(10-5-2-6-11-20)13-19(24)22-18-9-12-23(15-18)14-17-7-3-1-4-8-17/h1,3-4,7-8,18H,2,5-6,9-16,21H2,(H,22,24). The lowest BCUT2D eigenvalue weighted by atomic mass is 9.71. The zero-order chi connectivity index (χ0) is 16.8. The monoisotopic (exact) mass is 329 g/mol. The lowest BCUT2D eigenvalue weighted by molar-refractivity contribution is -0.124. The Bertz CT molecular complexity index is 525. The van der Waals surface area contributed by atoms with Gasteiger partial charge in [0.1, 0.15) is 0 Å². The zero-order valence-corrected chi connectivity index (χ0v) is 14.7. The minimum Gasteiger partial charge on any atom is -0.352 e. The van der Waals surface area contributed by atoms with E-state index in [4.69, 9.17) is 5.73 Å². The number of nitrogens with one attached hydrogen (secondary N) is 1. The first-order valence-electron chi connectivity index (χ1n) is 9.45. The number of nitrogens with two attached hydrogens (primary N) is 1. The molecule has 4 nitrogen and oxygen atoms in total. The number of hydrogen-bond donors (Lipinski definition) is 2. The molecule has 1 heterocycles. The Labute approximate surface area is 145 Å². The first-order chi connectivity index (χ1) is 11.7. The highest BCUT2D eigenvalue weighted by Crippen LogP contribution is 2.38. The van der Waals surface area contributed by atoms with Crippen molar-refractivity contribution in [2.75, 3.05) is 19.6 Å². The van der Waals surface area contributed by atoms with E-state index in [0.29, 0.717) is 19.0 Å². The maximum absolute atomic E-state index is 12.5. The van der Waals surface area contributed by atoms with Crippen molar-refractivity contribution in [3.63, 3.8) is 0 Å². The molecule has 1 saturated heterocycles. The quantitative estimate of drug-likeness (QED) is 0.843. The van der Waals surface area contributed by atoms with Crippen molar-refractivity contribution in [3.05, 3.63) is 35.9 Å². The van der Waals surface area contributed by atoms with E-state index in [1.165, 1.54) is 24.8 Å². The van der Waals surface area contributed by atoms with Crippen LogP contribution >= 0.6 is 0 Å². The number of likely N-dealkylation sites (tertiary alicyclic amines) is 1. The molecule has 1 aliphatic heterocycles. The number of carbonyl (C=O) groups is 1. The predicted octanol–water partition coefficient (Wildman–Crippen LogP) is 2.68. The minimum atomic E-state index is 0.0602. The molecule has 3 rings (SSSR count). The maximum atomic E-state index is 12.5. The van der Waals surface area contributed by atoms with E-state index in [1.807, 2.05) is 0 Å². The van der Waals surface area contributed by atoms with Crippen LogP contribution in [0.5, 0.6) is 0 Å². The van der Waals surface area contributed by atoms with Gasteiger partial charge in [-0.1, -0.05) is 49.6 Å². The third-order valence-corrected chi connectivity index (χ3v) is 5.77. The molecule has 1 aliphatic carbocycles. The number of carbonyl (C=O) groups excluding carboxylic acids is 1. The van der Waals surface area contributed by atoms with Gasteiger partial charge in [-0.3, -0.25) is 9.69 Å². The van der Waals surface area contributed by atoms with E-state index in [1.54, 1.807) is 0 Å². The molecule has 1 aromatic rings. The normalized spacial score (nSPS) is 24.0. The average molecular weight is 329 g/mol. The van der Waals surface area contributed by atoms with Gasteiger partial charge in [-0.05, 0) is 36.8 Å². The van der Waals surface area contributed by atoms with Gasteiger partial charge >= 0.3 is 0 Å². The van der Waals surface area contributed by atoms with Crippen LogP contribution in [0.15, 0.2) is 30.3 Å². The molecule has 0 spiro atoms. The number of hydrogen-bond acceptors (Lipinski definition) is 3. The van der Waals surface area contributed by atoms with Crippen LogP contribution in [0.25, 0.3) is 0 Å². The minimum absolute atomic E-state index is 0.0602. The Balaban J connectivity index is 1.45. The molecule has 1 saturated carbocycles. The molecular formula is C20H31N3O. The van der Waals surface area contributed by atoms with Crippen molar-refractivity contribution in [1.29, 1.82) is 0 Å².